The van der Waals surface area contributed by atoms with Gasteiger partial charge in [0.1, 0.15) is 5.75 Å². The number of benzene rings is 2. The molecule has 30 heavy (non-hydrogen) atoms. The zero-order chi connectivity index (χ0) is 21.5. The lowest BCUT2D eigenvalue weighted by Crippen LogP contribution is -2.34. The number of nitrogens with zero attached hydrogens (tertiary/aromatic N) is 1. The quantitative estimate of drug-likeness (QED) is 0.596. The summed E-state index contributed by atoms with van der Waals surface area (Å²) in [5.41, 5.74) is 2.14. The van der Waals surface area contributed by atoms with Crippen molar-refractivity contribution < 1.29 is 18.7 Å². The molecule has 0 aliphatic heterocycles. The highest BCUT2D eigenvalue weighted by Gasteiger charge is 2.17. The number of rotatable bonds is 8. The lowest BCUT2D eigenvalue weighted by molar-refractivity contribution is 0.0941. The fourth-order valence-electron chi connectivity index (χ4n) is 3.04. The minimum Gasteiger partial charge on any atom is -0.497 e. The van der Waals surface area contributed by atoms with Gasteiger partial charge in [0, 0.05) is 17.8 Å². The minimum absolute atomic E-state index is 0.00379. The van der Waals surface area contributed by atoms with Crippen molar-refractivity contribution in [2.45, 2.75) is 6.04 Å². The summed E-state index contributed by atoms with van der Waals surface area (Å²) in [6.07, 6.45) is 1.44. The molecule has 0 radical (unpaired) electrons. The molecule has 1 atom stereocenters. The van der Waals surface area contributed by atoms with Crippen LogP contribution in [0.3, 0.4) is 0 Å². The highest BCUT2D eigenvalue weighted by Crippen LogP contribution is 2.22. The molecule has 156 valence electrons. The summed E-state index contributed by atoms with van der Waals surface area (Å²) < 4.78 is 10.4. The first kappa shape index (κ1) is 21.1. The molecule has 0 aliphatic carbocycles. The number of methoxy groups -OCH3 is 1. The van der Waals surface area contributed by atoms with Crippen LogP contribution in [0.25, 0.3) is 0 Å². The maximum atomic E-state index is 12.6. The predicted octanol–water partition coefficient (Wildman–Crippen LogP) is 3.57. The summed E-state index contributed by atoms with van der Waals surface area (Å²) in [5, 5.41) is 5.70. The first-order valence-corrected chi connectivity index (χ1v) is 9.51. The summed E-state index contributed by atoms with van der Waals surface area (Å²) in [6, 6.07) is 17.7. The van der Waals surface area contributed by atoms with E-state index in [2.05, 4.69) is 10.6 Å². The average Bonchev–Trinajstić information content (AvgIpc) is 3.29. The monoisotopic (exact) mass is 407 g/mol. The van der Waals surface area contributed by atoms with Crippen LogP contribution in [0.4, 0.5) is 5.69 Å². The highest BCUT2D eigenvalue weighted by atomic mass is 16.5. The number of nitrogens with one attached hydrogen (secondary N) is 2. The number of hydrogen-bond donors (Lipinski definition) is 2. The number of carbonyl (C=O) groups is 2. The molecule has 3 aromatic rings. The molecule has 0 bridgehead atoms. The Morgan fingerprint density at radius 3 is 2.43 bits per heavy atom. The molecule has 0 fully saturated rings. The molecule has 0 spiro atoms. The largest absolute Gasteiger partial charge is 0.497 e. The van der Waals surface area contributed by atoms with E-state index < -0.39 is 0 Å². The van der Waals surface area contributed by atoms with Crippen LogP contribution < -0.4 is 15.4 Å². The third-order valence-electron chi connectivity index (χ3n) is 4.71. The van der Waals surface area contributed by atoms with E-state index in [1.807, 2.05) is 43.3 Å². The SMILES string of the molecule is COc1cccc(C(CNC(=O)c2ccc(NC(=O)c3ccco3)cc2)N(C)C)c1. The van der Waals surface area contributed by atoms with E-state index in [4.69, 9.17) is 9.15 Å². The van der Waals surface area contributed by atoms with Gasteiger partial charge < -0.3 is 24.7 Å². The third kappa shape index (κ3) is 5.27. The molecule has 0 saturated heterocycles. The summed E-state index contributed by atoms with van der Waals surface area (Å²) >= 11 is 0. The van der Waals surface area contributed by atoms with E-state index in [9.17, 15) is 9.59 Å². The van der Waals surface area contributed by atoms with E-state index >= 15 is 0 Å². The van der Waals surface area contributed by atoms with Crippen molar-refractivity contribution in [1.82, 2.24) is 10.2 Å². The molecule has 2 amide bonds. The predicted molar refractivity (Wildman–Crippen MR) is 115 cm³/mol. The Kier molecular flexibility index (Phi) is 6.87. The van der Waals surface area contributed by atoms with Crippen molar-refractivity contribution in [3.05, 3.63) is 83.8 Å². The molecule has 3 rings (SSSR count). The van der Waals surface area contributed by atoms with Gasteiger partial charge in [-0.05, 0) is 68.2 Å². The van der Waals surface area contributed by atoms with E-state index in [0.29, 0.717) is 17.8 Å². The highest BCUT2D eigenvalue weighted by molar-refractivity contribution is 6.02. The number of ether oxygens (including phenoxy) is 1. The minimum atomic E-state index is -0.343. The van der Waals surface area contributed by atoms with Crippen LogP contribution in [0, 0.1) is 0 Å². The standard InChI is InChI=1S/C23H25N3O4/c1-26(2)20(17-6-4-7-19(14-17)29-3)15-24-22(27)16-9-11-18(12-10-16)25-23(28)21-8-5-13-30-21/h4-14,20H,15H2,1-3H3,(H,24,27)(H,25,28). The van der Waals surface area contributed by atoms with Gasteiger partial charge in [-0.15, -0.1) is 0 Å². The molecular weight excluding hydrogens is 382 g/mol. The van der Waals surface area contributed by atoms with Gasteiger partial charge in [-0.2, -0.15) is 0 Å². The first-order chi connectivity index (χ1) is 14.5. The summed E-state index contributed by atoms with van der Waals surface area (Å²) in [5.74, 6) is 0.472. The lowest BCUT2D eigenvalue weighted by Gasteiger charge is -2.25. The van der Waals surface area contributed by atoms with Gasteiger partial charge in [0.25, 0.3) is 11.8 Å². The van der Waals surface area contributed by atoms with Gasteiger partial charge in [-0.25, -0.2) is 0 Å². The van der Waals surface area contributed by atoms with E-state index in [1.165, 1.54) is 6.26 Å². The molecule has 0 aliphatic rings. The van der Waals surface area contributed by atoms with Crippen molar-refractivity contribution in [2.24, 2.45) is 0 Å². The Labute approximate surface area is 175 Å². The second-order valence-corrected chi connectivity index (χ2v) is 6.97. The average molecular weight is 407 g/mol. The Morgan fingerprint density at radius 1 is 1.03 bits per heavy atom. The van der Waals surface area contributed by atoms with E-state index in [0.717, 1.165) is 11.3 Å². The maximum Gasteiger partial charge on any atom is 0.291 e. The van der Waals surface area contributed by atoms with E-state index in [1.54, 1.807) is 43.5 Å². The summed E-state index contributed by atoms with van der Waals surface area (Å²) in [7, 11) is 5.56. The van der Waals surface area contributed by atoms with Crippen LogP contribution in [0.1, 0.15) is 32.5 Å². The van der Waals surface area contributed by atoms with Gasteiger partial charge in [-0.3, -0.25) is 9.59 Å². The van der Waals surface area contributed by atoms with Gasteiger partial charge >= 0.3 is 0 Å². The fraction of sp³-hybridized carbons (Fsp3) is 0.217. The van der Waals surface area contributed by atoms with Crippen LogP contribution in [-0.2, 0) is 0 Å². The lowest BCUT2D eigenvalue weighted by atomic mass is 10.1. The molecule has 2 N–H and O–H groups in total. The number of carbonyl (C=O) groups excluding carboxylic acids is 2. The third-order valence-corrected chi connectivity index (χ3v) is 4.71. The Balaban J connectivity index is 1.61. The van der Waals surface area contributed by atoms with Crippen LogP contribution >= 0.6 is 0 Å². The number of likely N-dealkylation sites (N-methyl/N-ethyl adjacent to an activating group) is 1. The molecule has 1 unspecified atom stereocenters. The van der Waals surface area contributed by atoms with E-state index in [-0.39, 0.29) is 23.6 Å². The van der Waals surface area contributed by atoms with Crippen molar-refractivity contribution in [3.8, 4) is 5.75 Å². The number of furan rings is 1. The number of hydrogen-bond acceptors (Lipinski definition) is 5. The second kappa shape index (κ2) is 9.76. The zero-order valence-electron chi connectivity index (χ0n) is 17.2. The van der Waals surface area contributed by atoms with Gasteiger partial charge in [0.15, 0.2) is 5.76 Å². The topological polar surface area (TPSA) is 83.8 Å². The maximum absolute atomic E-state index is 12.6. The summed E-state index contributed by atoms with van der Waals surface area (Å²) in [4.78, 5) is 26.7. The first-order valence-electron chi connectivity index (χ1n) is 9.51. The molecule has 7 heteroatoms. The Bertz CT molecular complexity index is 982. The van der Waals surface area contributed by atoms with Crippen LogP contribution in [0.2, 0.25) is 0 Å². The smallest absolute Gasteiger partial charge is 0.291 e. The summed E-state index contributed by atoms with van der Waals surface area (Å²) in [6.45, 7) is 0.440. The Morgan fingerprint density at radius 2 is 1.80 bits per heavy atom. The van der Waals surface area contributed by atoms with Crippen molar-refractivity contribution >= 4 is 17.5 Å². The molecule has 7 nitrogen and oxygen atoms in total. The molecule has 2 aromatic carbocycles. The molecule has 1 aromatic heterocycles. The number of amides is 2. The fourth-order valence-corrected chi connectivity index (χ4v) is 3.04. The zero-order valence-corrected chi connectivity index (χ0v) is 17.2. The molecule has 1 heterocycles. The molecule has 0 saturated carbocycles. The Hall–Kier alpha value is -3.58. The number of anilines is 1. The van der Waals surface area contributed by atoms with Gasteiger partial charge in [0.05, 0.1) is 19.4 Å². The van der Waals surface area contributed by atoms with Crippen LogP contribution in [0.5, 0.6) is 5.75 Å². The van der Waals surface area contributed by atoms with Crippen molar-refractivity contribution in [3.63, 3.8) is 0 Å². The van der Waals surface area contributed by atoms with Crippen molar-refractivity contribution in [2.75, 3.05) is 33.1 Å². The van der Waals surface area contributed by atoms with Gasteiger partial charge in [-0.1, -0.05) is 12.1 Å². The van der Waals surface area contributed by atoms with Crippen LogP contribution in [0.15, 0.2) is 71.3 Å². The van der Waals surface area contributed by atoms with Crippen LogP contribution in [-0.4, -0.2) is 44.5 Å². The second-order valence-electron chi connectivity index (χ2n) is 6.97. The molecular formula is C23H25N3O4. The van der Waals surface area contributed by atoms with Gasteiger partial charge in [0.2, 0.25) is 0 Å². The van der Waals surface area contributed by atoms with Crippen molar-refractivity contribution in [1.29, 1.82) is 0 Å². The normalized spacial score (nSPS) is 11.7.